The molecule has 2 rings (SSSR count). The number of nitrogens with zero attached hydrogens (tertiary/aromatic N) is 1. The molecule has 1 saturated carbocycles. The molecule has 1 aliphatic rings. The van der Waals surface area contributed by atoms with E-state index in [0.29, 0.717) is 6.04 Å². The van der Waals surface area contributed by atoms with E-state index >= 15 is 0 Å². The van der Waals surface area contributed by atoms with Crippen LogP contribution in [-0.2, 0) is 4.74 Å². The third-order valence-electron chi connectivity index (χ3n) is 3.10. The molecule has 0 aliphatic heterocycles. The van der Waals surface area contributed by atoms with Crippen molar-refractivity contribution in [3.05, 3.63) is 30.1 Å². The van der Waals surface area contributed by atoms with Gasteiger partial charge in [0.1, 0.15) is 0 Å². The van der Waals surface area contributed by atoms with Gasteiger partial charge in [0, 0.05) is 25.5 Å². The highest BCUT2D eigenvalue weighted by atomic mass is 16.5. The van der Waals surface area contributed by atoms with Crippen molar-refractivity contribution in [1.82, 2.24) is 10.3 Å². The Morgan fingerprint density at radius 1 is 1.47 bits per heavy atom. The summed E-state index contributed by atoms with van der Waals surface area (Å²) in [5.74, 6) is 0.871. The Morgan fingerprint density at radius 2 is 2.35 bits per heavy atom. The number of ether oxygens (including phenoxy) is 1. The quantitative estimate of drug-likeness (QED) is 0.702. The second kappa shape index (κ2) is 6.72. The van der Waals surface area contributed by atoms with E-state index in [2.05, 4.69) is 23.3 Å². The first kappa shape index (κ1) is 12.5. The zero-order valence-corrected chi connectivity index (χ0v) is 10.6. The van der Waals surface area contributed by atoms with Gasteiger partial charge in [0.2, 0.25) is 0 Å². The minimum Gasteiger partial charge on any atom is -0.381 e. The fraction of sp³-hybridized carbons (Fsp3) is 0.643. The third kappa shape index (κ3) is 4.84. The van der Waals surface area contributed by atoms with Crippen LogP contribution in [0.3, 0.4) is 0 Å². The first-order valence-electron chi connectivity index (χ1n) is 6.58. The minimum atomic E-state index is 0.319. The van der Waals surface area contributed by atoms with Gasteiger partial charge < -0.3 is 10.1 Å². The van der Waals surface area contributed by atoms with Crippen molar-refractivity contribution in [3.8, 4) is 0 Å². The minimum absolute atomic E-state index is 0.319. The van der Waals surface area contributed by atoms with E-state index < -0.39 is 0 Å². The number of rotatable bonds is 8. The largest absolute Gasteiger partial charge is 0.381 e. The fourth-order valence-corrected chi connectivity index (χ4v) is 1.76. The lowest BCUT2D eigenvalue weighted by molar-refractivity contribution is 0.121. The molecule has 1 fully saturated rings. The van der Waals surface area contributed by atoms with Gasteiger partial charge in [0.05, 0.1) is 5.69 Å². The zero-order valence-electron chi connectivity index (χ0n) is 10.6. The van der Waals surface area contributed by atoms with Crippen LogP contribution in [0.5, 0.6) is 0 Å². The Hall–Kier alpha value is -0.930. The lowest BCUT2D eigenvalue weighted by Gasteiger charge is -2.12. The Bertz CT molecular complexity index is 311. The Labute approximate surface area is 104 Å². The van der Waals surface area contributed by atoms with Crippen molar-refractivity contribution < 1.29 is 4.74 Å². The number of nitrogens with one attached hydrogen (secondary N) is 1. The molecular weight excluding hydrogens is 212 g/mol. The molecule has 1 aliphatic carbocycles. The molecule has 0 aromatic carbocycles. The average Bonchev–Trinajstić information content (AvgIpc) is 3.18. The summed E-state index contributed by atoms with van der Waals surface area (Å²) in [6, 6.07) is 6.35. The molecule has 94 valence electrons. The van der Waals surface area contributed by atoms with Crippen LogP contribution in [0.1, 0.15) is 37.9 Å². The molecule has 0 amide bonds. The second-order valence-electron chi connectivity index (χ2n) is 4.80. The highest BCUT2D eigenvalue weighted by molar-refractivity contribution is 5.07. The molecule has 3 nitrogen and oxygen atoms in total. The molecule has 0 saturated heterocycles. The molecule has 0 radical (unpaired) electrons. The highest BCUT2D eigenvalue weighted by Gasteiger charge is 2.20. The topological polar surface area (TPSA) is 34.1 Å². The van der Waals surface area contributed by atoms with Crippen LogP contribution in [0.15, 0.2) is 24.4 Å². The summed E-state index contributed by atoms with van der Waals surface area (Å²) in [6.45, 7) is 4.98. The van der Waals surface area contributed by atoms with Gasteiger partial charge in [0.25, 0.3) is 0 Å². The standard InChI is InChI=1S/C14H22N2O/c1-12(14-5-2-3-8-16-14)15-9-4-10-17-11-13-6-7-13/h2-3,5,8,12-13,15H,4,6-7,9-11H2,1H3. The molecule has 1 aromatic rings. The summed E-state index contributed by atoms with van der Waals surface area (Å²) >= 11 is 0. The van der Waals surface area contributed by atoms with Crippen molar-refractivity contribution in [2.45, 2.75) is 32.2 Å². The second-order valence-corrected chi connectivity index (χ2v) is 4.80. The first-order valence-corrected chi connectivity index (χ1v) is 6.58. The van der Waals surface area contributed by atoms with Gasteiger partial charge in [-0.05, 0) is 50.8 Å². The van der Waals surface area contributed by atoms with Crippen LogP contribution in [-0.4, -0.2) is 24.7 Å². The van der Waals surface area contributed by atoms with Gasteiger partial charge in [-0.2, -0.15) is 0 Å². The summed E-state index contributed by atoms with van der Waals surface area (Å²) in [6.07, 6.45) is 5.65. The van der Waals surface area contributed by atoms with Crippen molar-refractivity contribution in [2.75, 3.05) is 19.8 Å². The molecule has 0 bridgehead atoms. The van der Waals surface area contributed by atoms with Gasteiger partial charge in [-0.15, -0.1) is 0 Å². The molecular formula is C14H22N2O. The van der Waals surface area contributed by atoms with Crippen LogP contribution >= 0.6 is 0 Å². The Kier molecular flexibility index (Phi) is 4.95. The van der Waals surface area contributed by atoms with E-state index in [1.807, 2.05) is 18.3 Å². The number of aromatic nitrogens is 1. The van der Waals surface area contributed by atoms with Gasteiger partial charge in [-0.1, -0.05) is 6.07 Å². The van der Waals surface area contributed by atoms with Crippen molar-refractivity contribution in [3.63, 3.8) is 0 Å². The maximum absolute atomic E-state index is 5.59. The van der Waals surface area contributed by atoms with E-state index in [4.69, 9.17) is 4.74 Å². The summed E-state index contributed by atoms with van der Waals surface area (Å²) in [7, 11) is 0. The molecule has 1 atom stereocenters. The van der Waals surface area contributed by atoms with Crippen LogP contribution in [0, 0.1) is 5.92 Å². The van der Waals surface area contributed by atoms with Crippen LogP contribution < -0.4 is 5.32 Å². The predicted octanol–water partition coefficient (Wildman–Crippen LogP) is 2.55. The predicted molar refractivity (Wildman–Crippen MR) is 68.8 cm³/mol. The summed E-state index contributed by atoms with van der Waals surface area (Å²) in [5.41, 5.74) is 1.10. The normalized spacial score (nSPS) is 17.0. The third-order valence-corrected chi connectivity index (χ3v) is 3.10. The Balaban J connectivity index is 1.52. The summed E-state index contributed by atoms with van der Waals surface area (Å²) < 4.78 is 5.59. The number of hydrogen-bond donors (Lipinski definition) is 1. The fourth-order valence-electron chi connectivity index (χ4n) is 1.76. The average molecular weight is 234 g/mol. The molecule has 17 heavy (non-hydrogen) atoms. The van der Waals surface area contributed by atoms with E-state index in [1.165, 1.54) is 12.8 Å². The monoisotopic (exact) mass is 234 g/mol. The molecule has 3 heteroatoms. The van der Waals surface area contributed by atoms with Crippen LogP contribution in [0.25, 0.3) is 0 Å². The molecule has 1 heterocycles. The van der Waals surface area contributed by atoms with E-state index in [9.17, 15) is 0 Å². The van der Waals surface area contributed by atoms with Crippen molar-refractivity contribution in [2.24, 2.45) is 5.92 Å². The number of hydrogen-bond acceptors (Lipinski definition) is 3. The van der Waals surface area contributed by atoms with Crippen LogP contribution in [0.2, 0.25) is 0 Å². The summed E-state index contributed by atoms with van der Waals surface area (Å²) in [4.78, 5) is 4.33. The van der Waals surface area contributed by atoms with Crippen molar-refractivity contribution in [1.29, 1.82) is 0 Å². The van der Waals surface area contributed by atoms with Gasteiger partial charge in [0.15, 0.2) is 0 Å². The SMILES string of the molecule is CC(NCCCOCC1CC1)c1ccccn1. The molecule has 1 unspecified atom stereocenters. The van der Waals surface area contributed by atoms with E-state index in [-0.39, 0.29) is 0 Å². The van der Waals surface area contributed by atoms with E-state index in [1.54, 1.807) is 0 Å². The Morgan fingerprint density at radius 3 is 3.06 bits per heavy atom. The maximum Gasteiger partial charge on any atom is 0.0570 e. The van der Waals surface area contributed by atoms with Crippen LogP contribution in [0.4, 0.5) is 0 Å². The highest BCUT2D eigenvalue weighted by Crippen LogP contribution is 2.28. The summed E-state index contributed by atoms with van der Waals surface area (Å²) in [5, 5.41) is 3.46. The lowest BCUT2D eigenvalue weighted by Crippen LogP contribution is -2.21. The number of pyridine rings is 1. The smallest absolute Gasteiger partial charge is 0.0570 e. The molecule has 1 aromatic heterocycles. The lowest BCUT2D eigenvalue weighted by atomic mass is 10.2. The zero-order chi connectivity index (χ0) is 11.9. The van der Waals surface area contributed by atoms with Gasteiger partial charge >= 0.3 is 0 Å². The first-order chi connectivity index (χ1) is 8.36. The molecule has 0 spiro atoms. The molecule has 1 N–H and O–H groups in total. The maximum atomic E-state index is 5.59. The van der Waals surface area contributed by atoms with Crippen molar-refractivity contribution >= 4 is 0 Å². The van der Waals surface area contributed by atoms with Gasteiger partial charge in [-0.3, -0.25) is 4.98 Å². The van der Waals surface area contributed by atoms with E-state index in [0.717, 1.165) is 37.8 Å². The van der Waals surface area contributed by atoms with Gasteiger partial charge in [-0.25, -0.2) is 0 Å².